The molecule has 0 aliphatic heterocycles. The standard InChI is InChI=1S/C48H30O/c1-3-14-31(15-4-1)34-27-29-43-44(30-34)49-48(45(43)33-17-5-2-6-18-33)47-41-22-11-9-20-39(41)46(40-21-10-12-23-42(40)47)38-25-13-24-36-35-19-8-7-16-32(35)26-28-37(36)38/h1-30H/i1D,3D,4D,9D,10D,11D,12D,14D,15D,20D,21D,22D,23D. The highest BCUT2D eigenvalue weighted by Crippen LogP contribution is 2.50. The van der Waals surface area contributed by atoms with Crippen molar-refractivity contribution in [2.45, 2.75) is 0 Å². The van der Waals surface area contributed by atoms with E-state index in [4.69, 9.17) is 16.8 Å². The summed E-state index contributed by atoms with van der Waals surface area (Å²) in [4.78, 5) is 0. The molecule has 49 heavy (non-hydrogen) atoms. The van der Waals surface area contributed by atoms with Crippen molar-refractivity contribution in [1.29, 1.82) is 0 Å². The van der Waals surface area contributed by atoms with Gasteiger partial charge in [-0.15, -0.1) is 0 Å². The fraction of sp³-hybridized carbons (Fsp3) is 0. The minimum Gasteiger partial charge on any atom is -0.455 e. The van der Waals surface area contributed by atoms with Crippen molar-refractivity contribution < 1.29 is 22.2 Å². The molecule has 1 aromatic heterocycles. The zero-order valence-corrected chi connectivity index (χ0v) is 25.7. The van der Waals surface area contributed by atoms with Gasteiger partial charge >= 0.3 is 0 Å². The average molecular weight is 636 g/mol. The van der Waals surface area contributed by atoms with Gasteiger partial charge in [-0.1, -0.05) is 170 Å². The van der Waals surface area contributed by atoms with Crippen LogP contribution in [-0.2, 0) is 0 Å². The second kappa shape index (κ2) is 11.1. The highest BCUT2D eigenvalue weighted by molar-refractivity contribution is 6.26. The largest absolute Gasteiger partial charge is 0.455 e. The lowest BCUT2D eigenvalue weighted by molar-refractivity contribution is 0.634. The molecule has 10 rings (SSSR count). The van der Waals surface area contributed by atoms with Crippen molar-refractivity contribution in [3.63, 3.8) is 0 Å². The van der Waals surface area contributed by atoms with Gasteiger partial charge in [0.1, 0.15) is 11.3 Å². The number of rotatable bonds is 4. The molecule has 0 bridgehead atoms. The Balaban J connectivity index is 1.44. The van der Waals surface area contributed by atoms with Crippen molar-refractivity contribution >= 4 is 54.1 Å². The van der Waals surface area contributed by atoms with Gasteiger partial charge in [0.2, 0.25) is 0 Å². The van der Waals surface area contributed by atoms with Crippen LogP contribution in [0.2, 0.25) is 0 Å². The van der Waals surface area contributed by atoms with E-state index in [1.165, 1.54) is 0 Å². The van der Waals surface area contributed by atoms with Gasteiger partial charge < -0.3 is 4.42 Å². The normalized spacial score (nSPS) is 15.4. The Morgan fingerprint density at radius 3 is 1.76 bits per heavy atom. The highest BCUT2D eigenvalue weighted by Gasteiger charge is 2.24. The first-order valence-electron chi connectivity index (χ1n) is 22.3. The van der Waals surface area contributed by atoms with E-state index < -0.39 is 78.6 Å². The Hall–Kier alpha value is -6.44. The minimum atomic E-state index is -0.556. The summed E-state index contributed by atoms with van der Waals surface area (Å²) in [5, 5.41) is 3.95. The third-order valence-electron chi connectivity index (χ3n) is 9.20. The zero-order chi connectivity index (χ0) is 43.6. The van der Waals surface area contributed by atoms with Gasteiger partial charge in [-0.2, -0.15) is 0 Å². The fourth-order valence-corrected chi connectivity index (χ4v) is 7.09. The lowest BCUT2D eigenvalue weighted by atomic mass is 9.84. The summed E-state index contributed by atoms with van der Waals surface area (Å²) in [5.41, 5.74) is 2.18. The molecule has 0 fully saturated rings. The van der Waals surface area contributed by atoms with Crippen molar-refractivity contribution in [2.75, 3.05) is 0 Å². The van der Waals surface area contributed by atoms with Crippen LogP contribution >= 0.6 is 0 Å². The third-order valence-corrected chi connectivity index (χ3v) is 9.20. The molecule has 1 heterocycles. The maximum Gasteiger partial charge on any atom is 0.144 e. The fourth-order valence-electron chi connectivity index (χ4n) is 7.09. The van der Waals surface area contributed by atoms with Crippen LogP contribution in [0, 0.1) is 0 Å². The second-order valence-electron chi connectivity index (χ2n) is 11.8. The molecular formula is C48H30O. The summed E-state index contributed by atoms with van der Waals surface area (Å²) in [6.45, 7) is 0. The van der Waals surface area contributed by atoms with E-state index >= 15 is 0 Å². The molecule has 1 nitrogen and oxygen atoms in total. The molecule has 0 saturated carbocycles. The van der Waals surface area contributed by atoms with E-state index in [0.29, 0.717) is 27.5 Å². The maximum absolute atomic E-state index is 9.58. The van der Waals surface area contributed by atoms with E-state index in [-0.39, 0.29) is 55.1 Å². The van der Waals surface area contributed by atoms with Gasteiger partial charge in [-0.05, 0) is 83.0 Å². The Bertz CT molecular complexity index is 3510. The van der Waals surface area contributed by atoms with Crippen molar-refractivity contribution in [3.05, 3.63) is 182 Å². The first-order chi connectivity index (χ1) is 29.7. The van der Waals surface area contributed by atoms with Crippen molar-refractivity contribution in [1.82, 2.24) is 0 Å². The summed E-state index contributed by atoms with van der Waals surface area (Å²) in [5.74, 6) is 0.0462. The molecule has 0 unspecified atom stereocenters. The smallest absolute Gasteiger partial charge is 0.144 e. The molecule has 0 saturated heterocycles. The van der Waals surface area contributed by atoms with Crippen molar-refractivity contribution in [2.24, 2.45) is 0 Å². The number of hydrogen-bond donors (Lipinski definition) is 0. The lowest BCUT2D eigenvalue weighted by Gasteiger charge is -2.18. The van der Waals surface area contributed by atoms with Gasteiger partial charge in [0.05, 0.1) is 17.8 Å². The Morgan fingerprint density at radius 1 is 0.367 bits per heavy atom. The molecule has 228 valence electrons. The zero-order valence-electron chi connectivity index (χ0n) is 38.7. The summed E-state index contributed by atoms with van der Waals surface area (Å²) < 4.78 is 123. The van der Waals surface area contributed by atoms with Crippen LogP contribution in [0.15, 0.2) is 186 Å². The summed E-state index contributed by atoms with van der Waals surface area (Å²) in [7, 11) is 0. The molecule has 0 N–H and O–H groups in total. The number of benzene rings is 9. The molecule has 0 amide bonds. The monoisotopic (exact) mass is 635 g/mol. The van der Waals surface area contributed by atoms with Crippen LogP contribution in [0.5, 0.6) is 0 Å². The van der Waals surface area contributed by atoms with Gasteiger partial charge in [-0.3, -0.25) is 0 Å². The van der Waals surface area contributed by atoms with Gasteiger partial charge in [-0.25, -0.2) is 0 Å². The van der Waals surface area contributed by atoms with E-state index in [1.54, 1.807) is 36.4 Å². The first kappa shape index (κ1) is 17.6. The SMILES string of the molecule is [2H]c1c([2H])c([2H])c(-c2ccc3c(-c4ccccc4)c(-c4c5c([2H])c([2H])c([2H])c([2H])c5c(-c5cccc6c5ccc5ccccc56)c5c([2H])c([2H])c([2H])c([2H])c45)oc3c2)c([2H])c1[2H]. The molecule has 10 aromatic rings. The van der Waals surface area contributed by atoms with Crippen LogP contribution in [0.3, 0.4) is 0 Å². The van der Waals surface area contributed by atoms with E-state index in [0.717, 1.165) is 16.2 Å². The third kappa shape index (κ3) is 4.33. The Kier molecular flexibility index (Phi) is 3.99. The predicted octanol–water partition coefficient (Wildman–Crippen LogP) is 13.7. The number of hydrogen-bond acceptors (Lipinski definition) is 1. The highest BCUT2D eigenvalue weighted by atomic mass is 16.3. The van der Waals surface area contributed by atoms with Gasteiger partial charge in [0.25, 0.3) is 0 Å². The minimum absolute atomic E-state index is 0.0165. The topological polar surface area (TPSA) is 13.1 Å². The Morgan fingerprint density at radius 2 is 1.00 bits per heavy atom. The van der Waals surface area contributed by atoms with E-state index in [9.17, 15) is 5.48 Å². The molecule has 0 atom stereocenters. The van der Waals surface area contributed by atoms with E-state index in [2.05, 4.69) is 0 Å². The molecule has 0 aliphatic carbocycles. The van der Waals surface area contributed by atoms with Gasteiger partial charge in [0, 0.05) is 16.5 Å². The quantitative estimate of drug-likeness (QED) is 0.139. The molecule has 9 aromatic carbocycles. The van der Waals surface area contributed by atoms with E-state index in [1.807, 2.05) is 66.7 Å². The maximum atomic E-state index is 9.58. The van der Waals surface area contributed by atoms with Crippen LogP contribution in [0.4, 0.5) is 0 Å². The number of furan rings is 1. The van der Waals surface area contributed by atoms with Crippen LogP contribution in [0.25, 0.3) is 98.8 Å². The summed E-state index contributed by atoms with van der Waals surface area (Å²) in [6.07, 6.45) is 0. The number of fused-ring (bicyclic) bond motifs is 6. The second-order valence-corrected chi connectivity index (χ2v) is 11.8. The molecule has 0 spiro atoms. The molecular weight excluding hydrogens is 593 g/mol. The Labute approximate surface area is 302 Å². The van der Waals surface area contributed by atoms with Crippen LogP contribution in [-0.4, -0.2) is 0 Å². The first-order valence-corrected chi connectivity index (χ1v) is 15.8. The van der Waals surface area contributed by atoms with Gasteiger partial charge in [0.15, 0.2) is 0 Å². The molecule has 0 radical (unpaired) electrons. The van der Waals surface area contributed by atoms with Crippen LogP contribution in [0.1, 0.15) is 17.8 Å². The molecule has 1 heteroatoms. The van der Waals surface area contributed by atoms with Crippen molar-refractivity contribution in [3.8, 4) is 44.7 Å². The van der Waals surface area contributed by atoms with Crippen LogP contribution < -0.4 is 0 Å². The average Bonchev–Trinajstić information content (AvgIpc) is 3.67. The summed E-state index contributed by atoms with van der Waals surface area (Å²) in [6, 6.07) is 24.9. The molecule has 0 aliphatic rings. The lowest BCUT2D eigenvalue weighted by Crippen LogP contribution is -1.92. The predicted molar refractivity (Wildman–Crippen MR) is 208 cm³/mol. The summed E-state index contributed by atoms with van der Waals surface area (Å²) >= 11 is 0.